The molecule has 0 radical (unpaired) electrons. The van der Waals surface area contributed by atoms with E-state index in [2.05, 4.69) is 20.9 Å². The van der Waals surface area contributed by atoms with E-state index in [0.29, 0.717) is 17.4 Å². The molecular formula is C19H21BrFN3O2. The van der Waals surface area contributed by atoms with Crippen LogP contribution in [0.15, 0.2) is 45.8 Å². The highest BCUT2D eigenvalue weighted by atomic mass is 79.9. The van der Waals surface area contributed by atoms with E-state index in [9.17, 15) is 14.0 Å². The molecule has 26 heavy (non-hydrogen) atoms. The normalized spacial score (nSPS) is 19.4. The molecule has 3 N–H and O–H groups in total. The summed E-state index contributed by atoms with van der Waals surface area (Å²) in [5.74, 6) is -0.385. The summed E-state index contributed by atoms with van der Waals surface area (Å²) in [5, 5.41) is 0. The molecule has 138 valence electrons. The van der Waals surface area contributed by atoms with Crippen molar-refractivity contribution in [3.05, 3.63) is 56.9 Å². The molecule has 2 aromatic rings. The maximum Gasteiger partial charge on any atom is 0.262 e. The summed E-state index contributed by atoms with van der Waals surface area (Å²) >= 11 is 3.22. The molecule has 1 aromatic carbocycles. The minimum atomic E-state index is -0.947. The van der Waals surface area contributed by atoms with E-state index in [0.717, 1.165) is 16.7 Å². The second kappa shape index (κ2) is 7.72. The molecule has 1 aromatic heterocycles. The van der Waals surface area contributed by atoms with Gasteiger partial charge in [0.05, 0.1) is 17.1 Å². The first-order chi connectivity index (χ1) is 12.4. The summed E-state index contributed by atoms with van der Waals surface area (Å²) in [7, 11) is 0. The lowest BCUT2D eigenvalue weighted by atomic mass is 9.91. The Hall–Kier alpha value is -1.99. The Kier molecular flexibility index (Phi) is 5.58. The summed E-state index contributed by atoms with van der Waals surface area (Å²) in [6.45, 7) is 2.47. The zero-order valence-electron chi connectivity index (χ0n) is 14.4. The number of rotatable bonds is 4. The molecule has 2 heterocycles. The molecule has 5 nitrogen and oxygen atoms in total. The van der Waals surface area contributed by atoms with Gasteiger partial charge in [-0.3, -0.25) is 9.59 Å². The fraction of sp³-hybridized carbons (Fsp3) is 0.368. The number of aromatic nitrogens is 1. The zero-order chi connectivity index (χ0) is 18.8. The smallest absolute Gasteiger partial charge is 0.262 e. The number of H-pyrrole nitrogens is 1. The fourth-order valence-corrected chi connectivity index (χ4v) is 3.51. The summed E-state index contributed by atoms with van der Waals surface area (Å²) in [6, 6.07) is 8.76. The first-order valence-corrected chi connectivity index (χ1v) is 9.33. The second-order valence-corrected chi connectivity index (χ2v) is 7.53. The van der Waals surface area contributed by atoms with Crippen LogP contribution in [0.5, 0.6) is 0 Å². The number of hydrogen-bond donors (Lipinski definition) is 2. The van der Waals surface area contributed by atoms with Crippen molar-refractivity contribution < 1.29 is 9.18 Å². The van der Waals surface area contributed by atoms with Crippen LogP contribution >= 0.6 is 15.9 Å². The van der Waals surface area contributed by atoms with Crippen molar-refractivity contribution in [2.75, 3.05) is 13.1 Å². The van der Waals surface area contributed by atoms with Crippen molar-refractivity contribution >= 4 is 21.8 Å². The predicted octanol–water partition coefficient (Wildman–Crippen LogP) is 2.81. The Bertz CT molecular complexity index is 853. The average molecular weight is 422 g/mol. The standard InChI is InChI=1S/C19H21BrFN3O2/c1-11(17(22)19(26)24-7-6-15(21)10-24)12-2-4-13(5-3-12)14-8-16(20)18(25)23-9-14/h2-5,8-9,11,15,17H,6-7,10,22H2,1H3,(H,23,25)/t11-,15-,17?/m0/s1. The third kappa shape index (κ3) is 3.88. The summed E-state index contributed by atoms with van der Waals surface area (Å²) in [5.41, 5.74) is 8.72. The molecule has 0 spiro atoms. The van der Waals surface area contributed by atoms with Crippen LogP contribution in [0, 0.1) is 0 Å². The number of carbonyl (C=O) groups is 1. The molecule has 1 aliphatic heterocycles. The van der Waals surface area contributed by atoms with E-state index in [-0.39, 0.29) is 23.9 Å². The van der Waals surface area contributed by atoms with Gasteiger partial charge in [-0.1, -0.05) is 31.2 Å². The number of aromatic amines is 1. The van der Waals surface area contributed by atoms with Crippen LogP contribution in [0.2, 0.25) is 0 Å². The number of nitrogens with one attached hydrogen (secondary N) is 1. The summed E-state index contributed by atoms with van der Waals surface area (Å²) < 4.78 is 13.8. The molecule has 0 bridgehead atoms. The van der Waals surface area contributed by atoms with E-state index in [1.165, 1.54) is 4.90 Å². The van der Waals surface area contributed by atoms with Gasteiger partial charge in [0, 0.05) is 18.7 Å². The molecule has 0 saturated carbocycles. The van der Waals surface area contributed by atoms with Crippen LogP contribution in [0.25, 0.3) is 11.1 Å². The number of hydrogen-bond acceptors (Lipinski definition) is 3. The van der Waals surface area contributed by atoms with E-state index in [1.54, 1.807) is 12.3 Å². The summed E-state index contributed by atoms with van der Waals surface area (Å²) in [6.07, 6.45) is 1.09. The minimum absolute atomic E-state index is 0.138. The number of nitrogens with zero attached hydrogens (tertiary/aromatic N) is 1. The molecular weight excluding hydrogens is 401 g/mol. The number of benzene rings is 1. The molecule has 3 rings (SSSR count). The lowest BCUT2D eigenvalue weighted by Crippen LogP contribution is -2.45. The van der Waals surface area contributed by atoms with Gasteiger partial charge in [-0.05, 0) is 45.1 Å². The molecule has 1 unspecified atom stereocenters. The average Bonchev–Trinajstić information content (AvgIpc) is 3.08. The second-order valence-electron chi connectivity index (χ2n) is 6.67. The number of carbonyl (C=O) groups excluding carboxylic acids is 1. The van der Waals surface area contributed by atoms with Crippen LogP contribution in [0.3, 0.4) is 0 Å². The van der Waals surface area contributed by atoms with Gasteiger partial charge in [0.1, 0.15) is 6.17 Å². The first kappa shape index (κ1) is 18.8. The third-order valence-electron chi connectivity index (χ3n) is 4.89. The monoisotopic (exact) mass is 421 g/mol. The Morgan fingerprint density at radius 1 is 1.35 bits per heavy atom. The maximum absolute atomic E-state index is 13.3. The van der Waals surface area contributed by atoms with Crippen LogP contribution < -0.4 is 11.3 Å². The number of alkyl halides is 1. The Morgan fingerprint density at radius 2 is 2.04 bits per heavy atom. The molecule has 0 aliphatic carbocycles. The van der Waals surface area contributed by atoms with Crippen LogP contribution in [0.1, 0.15) is 24.8 Å². The van der Waals surface area contributed by atoms with Gasteiger partial charge in [0.25, 0.3) is 5.56 Å². The molecule has 3 atom stereocenters. The highest BCUT2D eigenvalue weighted by molar-refractivity contribution is 9.10. The van der Waals surface area contributed by atoms with Crippen molar-refractivity contribution in [2.45, 2.75) is 31.5 Å². The van der Waals surface area contributed by atoms with Crippen LogP contribution in [0.4, 0.5) is 4.39 Å². The number of likely N-dealkylation sites (tertiary alicyclic amines) is 1. The van der Waals surface area contributed by atoms with Gasteiger partial charge >= 0.3 is 0 Å². The van der Waals surface area contributed by atoms with Crippen molar-refractivity contribution in [2.24, 2.45) is 5.73 Å². The summed E-state index contributed by atoms with van der Waals surface area (Å²) in [4.78, 5) is 28.1. The van der Waals surface area contributed by atoms with Gasteiger partial charge in [-0.25, -0.2) is 4.39 Å². The number of nitrogens with two attached hydrogens (primary N) is 1. The fourth-order valence-electron chi connectivity index (χ4n) is 3.15. The molecule has 1 fully saturated rings. The number of halogens is 2. The third-order valence-corrected chi connectivity index (χ3v) is 5.48. The quantitative estimate of drug-likeness (QED) is 0.796. The topological polar surface area (TPSA) is 79.2 Å². The Labute approximate surface area is 159 Å². The lowest BCUT2D eigenvalue weighted by Gasteiger charge is -2.25. The van der Waals surface area contributed by atoms with Crippen molar-refractivity contribution in [1.82, 2.24) is 9.88 Å². The SMILES string of the molecule is C[C@@H](c1ccc(-c2c[nH]c(=O)c(Br)c2)cc1)C(N)C(=O)N1CC[C@H](F)C1. The van der Waals surface area contributed by atoms with Gasteiger partial charge in [-0.15, -0.1) is 0 Å². The van der Waals surface area contributed by atoms with E-state index >= 15 is 0 Å². The van der Waals surface area contributed by atoms with Gasteiger partial charge in [0.2, 0.25) is 5.91 Å². The van der Waals surface area contributed by atoms with Crippen molar-refractivity contribution in [1.29, 1.82) is 0 Å². The van der Waals surface area contributed by atoms with Crippen LogP contribution in [-0.4, -0.2) is 41.1 Å². The van der Waals surface area contributed by atoms with Gasteiger partial charge in [0.15, 0.2) is 0 Å². The first-order valence-electron chi connectivity index (χ1n) is 8.54. The lowest BCUT2D eigenvalue weighted by molar-refractivity contribution is -0.132. The zero-order valence-corrected chi connectivity index (χ0v) is 16.0. The molecule has 1 saturated heterocycles. The van der Waals surface area contributed by atoms with Crippen LogP contribution in [-0.2, 0) is 4.79 Å². The van der Waals surface area contributed by atoms with Crippen molar-refractivity contribution in [3.63, 3.8) is 0 Å². The van der Waals surface area contributed by atoms with E-state index < -0.39 is 12.2 Å². The minimum Gasteiger partial charge on any atom is -0.338 e. The highest BCUT2D eigenvalue weighted by Crippen LogP contribution is 2.26. The van der Waals surface area contributed by atoms with E-state index in [1.807, 2.05) is 31.2 Å². The number of amides is 1. The molecule has 7 heteroatoms. The van der Waals surface area contributed by atoms with Gasteiger partial charge < -0.3 is 15.6 Å². The van der Waals surface area contributed by atoms with Crippen molar-refractivity contribution in [3.8, 4) is 11.1 Å². The van der Waals surface area contributed by atoms with E-state index in [4.69, 9.17) is 5.73 Å². The largest absolute Gasteiger partial charge is 0.338 e. The predicted molar refractivity (Wildman–Crippen MR) is 103 cm³/mol. The molecule has 1 aliphatic rings. The number of pyridine rings is 1. The highest BCUT2D eigenvalue weighted by Gasteiger charge is 2.32. The Morgan fingerprint density at radius 3 is 2.62 bits per heavy atom. The molecule has 1 amide bonds. The van der Waals surface area contributed by atoms with Gasteiger partial charge in [-0.2, -0.15) is 0 Å². The Balaban J connectivity index is 1.73. The maximum atomic E-state index is 13.3.